The molecule has 1 aliphatic heterocycles. The predicted octanol–water partition coefficient (Wildman–Crippen LogP) is -0.788. The molecule has 7 heteroatoms. The molecule has 2 fully saturated rings. The maximum absolute atomic E-state index is 11.0. The SMILES string of the molecule is C[C@@H]1C2C(O)[C@H]2O[C@H]1n1cnc(C(N)=O)c1O. The number of nitrogens with two attached hydrogens (primary N) is 1. The first kappa shape index (κ1) is 10.5. The summed E-state index contributed by atoms with van der Waals surface area (Å²) in [6.07, 6.45) is 0.332. The highest BCUT2D eigenvalue weighted by molar-refractivity contribution is 5.92. The molecule has 1 aromatic heterocycles. The van der Waals surface area contributed by atoms with Gasteiger partial charge in [0, 0.05) is 11.8 Å². The lowest BCUT2D eigenvalue weighted by Crippen LogP contribution is -2.20. The Morgan fingerprint density at radius 2 is 2.35 bits per heavy atom. The second kappa shape index (κ2) is 3.21. The molecular formula is C10H13N3O4. The number of nitrogens with zero attached hydrogens (tertiary/aromatic N) is 2. The van der Waals surface area contributed by atoms with E-state index >= 15 is 0 Å². The van der Waals surface area contributed by atoms with Crippen LogP contribution in [0.3, 0.4) is 0 Å². The van der Waals surface area contributed by atoms with Crippen molar-refractivity contribution >= 4 is 5.91 Å². The summed E-state index contributed by atoms with van der Waals surface area (Å²) >= 11 is 0. The fraction of sp³-hybridized carbons (Fsp3) is 0.600. The van der Waals surface area contributed by atoms with Crippen LogP contribution >= 0.6 is 0 Å². The fourth-order valence-electron chi connectivity index (χ4n) is 2.58. The lowest BCUT2D eigenvalue weighted by Gasteiger charge is -2.21. The number of fused-ring (bicyclic) bond motifs is 1. The third-order valence-electron chi connectivity index (χ3n) is 3.60. The van der Waals surface area contributed by atoms with Crippen LogP contribution in [0.2, 0.25) is 0 Å². The Bertz CT molecular complexity index is 486. The minimum atomic E-state index is -0.780. The van der Waals surface area contributed by atoms with E-state index in [-0.39, 0.29) is 29.5 Å². The molecule has 7 nitrogen and oxygen atoms in total. The zero-order valence-corrected chi connectivity index (χ0v) is 9.15. The van der Waals surface area contributed by atoms with Crippen LogP contribution < -0.4 is 5.73 Å². The van der Waals surface area contributed by atoms with Crippen LogP contribution in [0.1, 0.15) is 23.6 Å². The molecular weight excluding hydrogens is 226 g/mol. The van der Waals surface area contributed by atoms with Gasteiger partial charge in [-0.2, -0.15) is 0 Å². The van der Waals surface area contributed by atoms with Gasteiger partial charge in [0.1, 0.15) is 12.6 Å². The summed E-state index contributed by atoms with van der Waals surface area (Å²) in [7, 11) is 0. The molecule has 1 aromatic rings. The highest BCUT2D eigenvalue weighted by Gasteiger charge is 2.62. The molecule has 1 amide bonds. The van der Waals surface area contributed by atoms with Crippen molar-refractivity contribution in [1.82, 2.24) is 9.55 Å². The molecule has 0 radical (unpaired) electrons. The number of rotatable bonds is 2. The lowest BCUT2D eigenvalue weighted by atomic mass is 10.1. The molecule has 2 unspecified atom stereocenters. The summed E-state index contributed by atoms with van der Waals surface area (Å²) in [4.78, 5) is 14.7. The molecule has 17 heavy (non-hydrogen) atoms. The van der Waals surface area contributed by atoms with Crippen molar-refractivity contribution in [3.8, 4) is 5.88 Å². The average Bonchev–Trinajstić information content (AvgIpc) is 2.59. The summed E-state index contributed by atoms with van der Waals surface area (Å²) in [6.45, 7) is 1.93. The first-order valence-corrected chi connectivity index (χ1v) is 5.41. The average molecular weight is 239 g/mol. The second-order valence-electron chi connectivity index (χ2n) is 4.61. The van der Waals surface area contributed by atoms with Gasteiger partial charge in [-0.25, -0.2) is 4.98 Å². The largest absolute Gasteiger partial charge is 0.493 e. The molecule has 2 heterocycles. The molecule has 1 saturated heterocycles. The second-order valence-corrected chi connectivity index (χ2v) is 4.61. The summed E-state index contributed by atoms with van der Waals surface area (Å²) in [6, 6.07) is 0. The highest BCUT2D eigenvalue weighted by Crippen LogP contribution is 2.54. The maximum Gasteiger partial charge on any atom is 0.272 e. The number of aliphatic hydroxyl groups is 1. The smallest absolute Gasteiger partial charge is 0.272 e. The first-order valence-electron chi connectivity index (χ1n) is 5.41. The molecule has 3 rings (SSSR count). The molecule has 0 aromatic carbocycles. The quantitative estimate of drug-likeness (QED) is 0.626. The number of aromatic hydroxyl groups is 1. The van der Waals surface area contributed by atoms with Gasteiger partial charge in [-0.3, -0.25) is 9.36 Å². The van der Waals surface area contributed by atoms with Crippen LogP contribution in [0.4, 0.5) is 0 Å². The molecule has 92 valence electrons. The number of hydrogen-bond donors (Lipinski definition) is 3. The van der Waals surface area contributed by atoms with E-state index in [0.29, 0.717) is 0 Å². The van der Waals surface area contributed by atoms with Gasteiger partial charge in [0.15, 0.2) is 5.69 Å². The maximum atomic E-state index is 11.0. The molecule has 2 aliphatic rings. The Labute approximate surface area is 96.8 Å². The van der Waals surface area contributed by atoms with Crippen molar-refractivity contribution in [2.45, 2.75) is 25.4 Å². The Morgan fingerprint density at radius 1 is 1.65 bits per heavy atom. The van der Waals surface area contributed by atoms with Gasteiger partial charge in [0.25, 0.3) is 5.91 Å². The van der Waals surface area contributed by atoms with Crippen molar-refractivity contribution < 1.29 is 19.7 Å². The molecule has 5 atom stereocenters. The van der Waals surface area contributed by atoms with Gasteiger partial charge in [0.2, 0.25) is 5.88 Å². The minimum Gasteiger partial charge on any atom is -0.493 e. The molecule has 0 spiro atoms. The molecule has 1 saturated carbocycles. The van der Waals surface area contributed by atoms with Crippen LogP contribution in [0, 0.1) is 11.8 Å². The van der Waals surface area contributed by atoms with Crippen LogP contribution in [-0.4, -0.2) is 37.9 Å². The number of ether oxygens (including phenoxy) is 1. The van der Waals surface area contributed by atoms with Crippen LogP contribution in [-0.2, 0) is 4.74 Å². The van der Waals surface area contributed by atoms with Gasteiger partial charge in [0.05, 0.1) is 12.2 Å². The zero-order chi connectivity index (χ0) is 12.3. The van der Waals surface area contributed by atoms with Gasteiger partial charge >= 0.3 is 0 Å². The topological polar surface area (TPSA) is 111 Å². The van der Waals surface area contributed by atoms with Crippen molar-refractivity contribution in [2.75, 3.05) is 0 Å². The summed E-state index contributed by atoms with van der Waals surface area (Å²) in [5, 5.41) is 19.3. The third kappa shape index (κ3) is 1.29. The van der Waals surface area contributed by atoms with E-state index in [1.807, 2.05) is 6.92 Å². The lowest BCUT2D eigenvalue weighted by molar-refractivity contribution is -0.0340. The van der Waals surface area contributed by atoms with Crippen molar-refractivity contribution in [1.29, 1.82) is 0 Å². The van der Waals surface area contributed by atoms with Gasteiger partial charge < -0.3 is 20.7 Å². The molecule has 0 bridgehead atoms. The highest BCUT2D eigenvalue weighted by atomic mass is 16.5. The summed E-state index contributed by atoms with van der Waals surface area (Å²) in [5.41, 5.74) is 4.90. The van der Waals surface area contributed by atoms with Crippen molar-refractivity contribution in [3.63, 3.8) is 0 Å². The number of primary amides is 1. The van der Waals surface area contributed by atoms with Crippen molar-refractivity contribution in [2.24, 2.45) is 17.6 Å². The summed E-state index contributed by atoms with van der Waals surface area (Å²) in [5.74, 6) is -0.920. The van der Waals surface area contributed by atoms with Crippen LogP contribution in [0.5, 0.6) is 5.88 Å². The number of aliphatic hydroxyl groups excluding tert-OH is 1. The predicted molar refractivity (Wildman–Crippen MR) is 55.0 cm³/mol. The number of imidazole rings is 1. The minimum absolute atomic E-state index is 0.0517. The zero-order valence-electron chi connectivity index (χ0n) is 9.15. The van der Waals surface area contributed by atoms with E-state index in [4.69, 9.17) is 10.5 Å². The number of carbonyl (C=O) groups is 1. The van der Waals surface area contributed by atoms with Gasteiger partial charge in [-0.05, 0) is 0 Å². The summed E-state index contributed by atoms with van der Waals surface area (Å²) < 4.78 is 6.96. The Balaban J connectivity index is 1.89. The standard InChI is InChI=1S/C10H13N3O4/c1-3-4-6(14)7(4)17-10(3)13-2-12-5(8(11)15)9(13)16/h2-4,6-7,10,14,16H,1H3,(H2,11,15)/t3-,4?,6?,7+,10-/m1/s1. The van der Waals surface area contributed by atoms with Crippen molar-refractivity contribution in [3.05, 3.63) is 12.0 Å². The van der Waals surface area contributed by atoms with E-state index in [0.717, 1.165) is 0 Å². The molecule has 1 aliphatic carbocycles. The third-order valence-corrected chi connectivity index (χ3v) is 3.60. The number of amides is 1. The van der Waals surface area contributed by atoms with E-state index in [1.54, 1.807) is 0 Å². The van der Waals surface area contributed by atoms with Gasteiger partial charge in [-0.1, -0.05) is 6.92 Å². The Hall–Kier alpha value is -1.60. The van der Waals surface area contributed by atoms with E-state index < -0.39 is 18.2 Å². The Morgan fingerprint density at radius 3 is 2.82 bits per heavy atom. The molecule has 4 N–H and O–H groups in total. The van der Waals surface area contributed by atoms with E-state index in [1.165, 1.54) is 10.9 Å². The first-order chi connectivity index (χ1) is 8.02. The van der Waals surface area contributed by atoms with E-state index in [2.05, 4.69) is 4.98 Å². The fourth-order valence-corrected chi connectivity index (χ4v) is 2.58. The van der Waals surface area contributed by atoms with E-state index in [9.17, 15) is 15.0 Å². The number of carbonyl (C=O) groups excluding carboxylic acids is 1. The monoisotopic (exact) mass is 239 g/mol. The van der Waals surface area contributed by atoms with Crippen LogP contribution in [0.25, 0.3) is 0 Å². The number of hydrogen-bond acceptors (Lipinski definition) is 5. The normalized spacial score (nSPS) is 39.1. The van der Waals surface area contributed by atoms with Crippen LogP contribution in [0.15, 0.2) is 6.33 Å². The van der Waals surface area contributed by atoms with Gasteiger partial charge in [-0.15, -0.1) is 0 Å². The number of aromatic nitrogens is 2. The Kier molecular flexibility index (Phi) is 1.99.